The second kappa shape index (κ2) is 4.68. The van der Waals surface area contributed by atoms with Crippen LogP contribution in [0.1, 0.15) is 14.9 Å². The topological polar surface area (TPSA) is 34.1 Å². The van der Waals surface area contributed by atoms with Crippen LogP contribution in [-0.4, -0.2) is 11.6 Å². The maximum absolute atomic E-state index is 10.3. The Morgan fingerprint density at radius 2 is 0.900 bits per heavy atom. The van der Waals surface area contributed by atoms with E-state index in [2.05, 4.69) is 0 Å². The maximum Gasteiger partial charge on any atom is 0.178 e. The molecule has 2 heteroatoms. The zero-order valence-corrected chi connectivity index (χ0v) is 4.13. The third-order valence-electron chi connectivity index (χ3n) is 0.824. The van der Waals surface area contributed by atoms with Crippen LogP contribution in [0.25, 0.3) is 0 Å². The van der Waals surface area contributed by atoms with Gasteiger partial charge in [0.1, 0.15) is 0 Å². The normalized spacial score (nSPS) is 14.0. The molecule has 0 saturated heterocycles. The molecule has 0 spiro atoms. The predicted octanol–water partition coefficient (Wildman–Crippen LogP) is 1.52. The van der Waals surface area contributed by atoms with Gasteiger partial charge < -0.3 is 0 Å². The van der Waals surface area contributed by atoms with Crippen LogP contribution in [0.5, 0.6) is 0 Å². The van der Waals surface area contributed by atoms with Gasteiger partial charge in [-0.25, -0.2) is 0 Å². The van der Waals surface area contributed by atoms with Gasteiger partial charge in [-0.05, 0) is 24.3 Å². The highest BCUT2D eigenvalue weighted by Crippen LogP contribution is 1.90. The van der Waals surface area contributed by atoms with E-state index in [1.54, 1.807) is 0 Å². The zero-order chi connectivity index (χ0) is 5.98. The smallest absolute Gasteiger partial charge is 0.178 e. The first-order valence-electron chi connectivity index (χ1n) is 2.23. The summed E-state index contributed by atoms with van der Waals surface area (Å²) in [5.41, 5.74) is 0. The molecule has 0 aromatic heterocycles. The van der Waals surface area contributed by atoms with Gasteiger partial charge in [0.25, 0.3) is 0 Å². The van der Waals surface area contributed by atoms with Gasteiger partial charge in [-0.3, -0.25) is 9.59 Å². The number of hydrogen-bond acceptors (Lipinski definition) is 2. The Hall–Kier alpha value is -1.18. The van der Waals surface area contributed by atoms with E-state index in [-0.39, 0.29) is 26.4 Å². The van der Waals surface area contributed by atoms with Crippen LogP contribution < -0.4 is 0 Å². The van der Waals surface area contributed by atoms with Gasteiger partial charge in [0.15, 0.2) is 11.6 Å². The maximum atomic E-state index is 10.3. The second-order valence-electron chi connectivity index (χ2n) is 1.47. The quantitative estimate of drug-likeness (QED) is 0.478. The van der Waals surface area contributed by atoms with Crippen LogP contribution in [0.4, 0.5) is 0 Å². The highest BCUT2D eigenvalue weighted by Gasteiger charge is 1.97. The van der Waals surface area contributed by atoms with Gasteiger partial charge >= 0.3 is 0 Å². The van der Waals surface area contributed by atoms with Crippen molar-refractivity contribution >= 4 is 11.6 Å². The Kier molecular flexibility index (Phi) is 5.42. The molecule has 0 heterocycles. The summed E-state index contributed by atoms with van der Waals surface area (Å²) in [6.45, 7) is 0. The fourth-order valence-electron chi connectivity index (χ4n) is 0.440. The molecule has 1 rings (SSSR count). The van der Waals surface area contributed by atoms with E-state index in [1.807, 2.05) is 0 Å². The molecular formula is C8H12O2. The summed E-state index contributed by atoms with van der Waals surface area (Å²) in [6, 6.07) is 0. The number of carbonyl (C=O) groups excluding carboxylic acids is 2. The van der Waals surface area contributed by atoms with E-state index in [9.17, 15) is 9.59 Å². The van der Waals surface area contributed by atoms with Crippen LogP contribution in [0.3, 0.4) is 0 Å². The van der Waals surface area contributed by atoms with Crippen molar-refractivity contribution in [2.24, 2.45) is 0 Å². The summed E-state index contributed by atoms with van der Waals surface area (Å²) in [7, 11) is 0. The third kappa shape index (κ3) is 2.97. The Labute approximate surface area is 61.2 Å². The average molecular weight is 140 g/mol. The summed E-state index contributed by atoms with van der Waals surface area (Å²) in [4.78, 5) is 20.6. The molecule has 0 radical (unpaired) electrons. The van der Waals surface area contributed by atoms with E-state index >= 15 is 0 Å². The fourth-order valence-corrected chi connectivity index (χ4v) is 0.440. The molecular weight excluding hydrogens is 128 g/mol. The van der Waals surface area contributed by atoms with Gasteiger partial charge in [-0.2, -0.15) is 0 Å². The van der Waals surface area contributed by atoms with Crippen LogP contribution >= 0.6 is 0 Å². The zero-order valence-electron chi connectivity index (χ0n) is 4.13. The minimum atomic E-state index is -0.121. The van der Waals surface area contributed by atoms with Crippen molar-refractivity contribution in [1.29, 1.82) is 0 Å². The predicted molar refractivity (Wildman–Crippen MR) is 41.8 cm³/mol. The average Bonchev–Trinajstić information content (AvgIpc) is 1.77. The molecule has 0 bridgehead atoms. The van der Waals surface area contributed by atoms with Crippen LogP contribution in [0.15, 0.2) is 24.3 Å². The van der Waals surface area contributed by atoms with E-state index in [0.29, 0.717) is 0 Å². The van der Waals surface area contributed by atoms with Crippen LogP contribution in [0, 0.1) is 0 Å². The minimum absolute atomic E-state index is 0. The Balaban J connectivity index is 0. The fraction of sp³-hybridized carbons (Fsp3) is 0.250. The first-order chi connectivity index (χ1) is 3.79. The molecule has 0 amide bonds. The van der Waals surface area contributed by atoms with Crippen molar-refractivity contribution in [3.8, 4) is 0 Å². The molecule has 10 heavy (non-hydrogen) atoms. The molecule has 2 nitrogen and oxygen atoms in total. The van der Waals surface area contributed by atoms with Gasteiger partial charge in [0, 0.05) is 0 Å². The molecule has 1 aliphatic rings. The van der Waals surface area contributed by atoms with Crippen LogP contribution in [-0.2, 0) is 9.59 Å². The largest absolute Gasteiger partial charge is 0.290 e. The summed E-state index contributed by atoms with van der Waals surface area (Å²) < 4.78 is 0. The van der Waals surface area contributed by atoms with Crippen molar-refractivity contribution in [3.63, 3.8) is 0 Å². The highest BCUT2D eigenvalue weighted by molar-refractivity contribution is 6.14. The first-order valence-corrected chi connectivity index (χ1v) is 2.23. The summed E-state index contributed by atoms with van der Waals surface area (Å²) in [6.07, 6.45) is 5.01. The van der Waals surface area contributed by atoms with E-state index in [0.717, 1.165) is 0 Å². The van der Waals surface area contributed by atoms with E-state index in [4.69, 9.17) is 0 Å². The third-order valence-corrected chi connectivity index (χ3v) is 0.824. The SMILES string of the molecule is C.C.O=C1C=CC(=O)C=C1. The van der Waals surface area contributed by atoms with E-state index in [1.165, 1.54) is 24.3 Å². The molecule has 0 aromatic rings. The molecule has 56 valence electrons. The lowest BCUT2D eigenvalue weighted by molar-refractivity contribution is -0.113. The van der Waals surface area contributed by atoms with Gasteiger partial charge in [0.05, 0.1) is 0 Å². The first kappa shape index (κ1) is 11.6. The number of carbonyl (C=O) groups is 2. The Bertz CT molecular complexity index is 149. The lowest BCUT2D eigenvalue weighted by Crippen LogP contribution is -1.97. The highest BCUT2D eigenvalue weighted by atomic mass is 16.1. The second-order valence-corrected chi connectivity index (χ2v) is 1.47. The van der Waals surface area contributed by atoms with Crippen molar-refractivity contribution in [2.45, 2.75) is 14.9 Å². The van der Waals surface area contributed by atoms with Gasteiger partial charge in [0.2, 0.25) is 0 Å². The van der Waals surface area contributed by atoms with Gasteiger partial charge in [-0.1, -0.05) is 14.9 Å². The number of allylic oxidation sites excluding steroid dienone is 4. The number of hydrogen-bond donors (Lipinski definition) is 0. The van der Waals surface area contributed by atoms with Crippen molar-refractivity contribution in [2.75, 3.05) is 0 Å². The molecule has 0 fully saturated rings. The number of rotatable bonds is 0. The summed E-state index contributed by atoms with van der Waals surface area (Å²) >= 11 is 0. The molecule has 0 aromatic carbocycles. The lowest BCUT2D eigenvalue weighted by atomic mass is 10.2. The Morgan fingerprint density at radius 3 is 1.10 bits per heavy atom. The van der Waals surface area contributed by atoms with Gasteiger partial charge in [-0.15, -0.1) is 0 Å². The number of ketones is 2. The molecule has 0 atom stereocenters. The van der Waals surface area contributed by atoms with Crippen molar-refractivity contribution in [3.05, 3.63) is 24.3 Å². The molecule has 0 aliphatic heterocycles. The molecule has 0 saturated carbocycles. The Morgan fingerprint density at radius 1 is 0.700 bits per heavy atom. The summed E-state index contributed by atoms with van der Waals surface area (Å²) in [5.74, 6) is -0.241. The van der Waals surface area contributed by atoms with Crippen LogP contribution in [0.2, 0.25) is 0 Å². The minimum Gasteiger partial charge on any atom is -0.290 e. The van der Waals surface area contributed by atoms with E-state index < -0.39 is 0 Å². The summed E-state index contributed by atoms with van der Waals surface area (Å²) in [5, 5.41) is 0. The molecule has 0 unspecified atom stereocenters. The molecule has 0 N–H and O–H groups in total. The van der Waals surface area contributed by atoms with Crippen molar-refractivity contribution in [1.82, 2.24) is 0 Å². The molecule has 1 aliphatic carbocycles. The standard InChI is InChI=1S/C6H4O2.2CH4/c7-5-1-2-6(8)4-3-5;;/h1-4H;2*1H4. The lowest BCUT2D eigenvalue weighted by Gasteiger charge is -1.87. The monoisotopic (exact) mass is 140 g/mol. The van der Waals surface area contributed by atoms with Crippen molar-refractivity contribution < 1.29 is 9.59 Å².